The van der Waals surface area contributed by atoms with Crippen LogP contribution in [0.5, 0.6) is 0 Å². The molecule has 0 saturated carbocycles. The molecule has 0 bridgehead atoms. The second kappa shape index (κ2) is 17.0. The molecule has 220 valence electrons. The SMILES string of the molecule is NC(=O)CCC(NC(=O)C(N)CCCN=C(N)N)C(=O)NC(CC(N)=O)C(=O)NC(Cc1ccccc1)C(=O)O. The van der Waals surface area contributed by atoms with Crippen LogP contribution in [0.3, 0.4) is 0 Å². The predicted octanol–water partition coefficient (Wildman–Crippen LogP) is -3.71. The molecule has 40 heavy (non-hydrogen) atoms. The molecular formula is C24H37N9O7. The third-order valence-electron chi connectivity index (χ3n) is 5.55. The van der Waals surface area contributed by atoms with Crippen molar-refractivity contribution in [2.24, 2.45) is 33.7 Å². The lowest BCUT2D eigenvalue weighted by Crippen LogP contribution is -2.58. The molecular weight excluding hydrogens is 526 g/mol. The number of nitrogens with two attached hydrogens (primary N) is 5. The fourth-order valence-electron chi connectivity index (χ4n) is 3.49. The van der Waals surface area contributed by atoms with Gasteiger partial charge in [-0.05, 0) is 24.8 Å². The molecule has 0 aliphatic rings. The van der Waals surface area contributed by atoms with Gasteiger partial charge in [-0.2, -0.15) is 0 Å². The Kier molecular flexibility index (Phi) is 14.1. The van der Waals surface area contributed by atoms with Crippen LogP contribution in [0.15, 0.2) is 35.3 Å². The number of carbonyl (C=O) groups excluding carboxylic acids is 5. The summed E-state index contributed by atoms with van der Waals surface area (Å²) in [5, 5.41) is 16.6. The first-order valence-electron chi connectivity index (χ1n) is 12.4. The molecule has 0 radical (unpaired) electrons. The van der Waals surface area contributed by atoms with Crippen LogP contribution in [0, 0.1) is 0 Å². The zero-order valence-electron chi connectivity index (χ0n) is 21.9. The Morgan fingerprint density at radius 2 is 1.35 bits per heavy atom. The van der Waals surface area contributed by atoms with Crippen LogP contribution in [-0.4, -0.2) is 77.3 Å². The molecule has 0 fully saturated rings. The number of hydrogen-bond acceptors (Lipinski definition) is 8. The maximum atomic E-state index is 13.0. The number of carboxylic acids is 1. The first-order chi connectivity index (χ1) is 18.8. The van der Waals surface area contributed by atoms with Gasteiger partial charge < -0.3 is 49.7 Å². The van der Waals surface area contributed by atoms with Crippen LogP contribution in [-0.2, 0) is 35.2 Å². The Labute approximate surface area is 230 Å². The van der Waals surface area contributed by atoms with E-state index in [1.165, 1.54) is 0 Å². The molecule has 1 aromatic rings. The van der Waals surface area contributed by atoms with Gasteiger partial charge in [0.05, 0.1) is 12.5 Å². The molecule has 4 unspecified atom stereocenters. The number of benzene rings is 1. The number of carboxylic acid groups (broad SMARTS) is 1. The quantitative estimate of drug-likeness (QED) is 0.0478. The minimum atomic E-state index is -1.58. The van der Waals surface area contributed by atoms with Crippen LogP contribution in [0.25, 0.3) is 0 Å². The highest BCUT2D eigenvalue weighted by Crippen LogP contribution is 2.06. The number of hydrogen-bond donors (Lipinski definition) is 9. The van der Waals surface area contributed by atoms with E-state index in [-0.39, 0.29) is 38.2 Å². The van der Waals surface area contributed by atoms with E-state index in [0.29, 0.717) is 12.0 Å². The minimum Gasteiger partial charge on any atom is -0.480 e. The number of rotatable bonds is 18. The smallest absolute Gasteiger partial charge is 0.326 e. The van der Waals surface area contributed by atoms with Crippen molar-refractivity contribution in [3.05, 3.63) is 35.9 Å². The predicted molar refractivity (Wildman–Crippen MR) is 144 cm³/mol. The van der Waals surface area contributed by atoms with Gasteiger partial charge in [-0.3, -0.25) is 29.0 Å². The van der Waals surface area contributed by atoms with Gasteiger partial charge in [-0.25, -0.2) is 4.79 Å². The largest absolute Gasteiger partial charge is 0.480 e. The number of carbonyl (C=O) groups is 6. The molecule has 16 heteroatoms. The monoisotopic (exact) mass is 563 g/mol. The fraction of sp³-hybridized carbons (Fsp3) is 0.458. The summed E-state index contributed by atoms with van der Waals surface area (Å²) in [6.07, 6.45) is -0.766. The van der Waals surface area contributed by atoms with Gasteiger partial charge >= 0.3 is 5.97 Å². The number of primary amides is 2. The molecule has 16 nitrogen and oxygen atoms in total. The lowest BCUT2D eigenvalue weighted by molar-refractivity contribution is -0.142. The van der Waals surface area contributed by atoms with Crippen molar-refractivity contribution in [2.45, 2.75) is 62.7 Å². The third kappa shape index (κ3) is 13.2. The summed E-state index contributed by atoms with van der Waals surface area (Å²) in [5.74, 6) is -5.86. The van der Waals surface area contributed by atoms with Crippen molar-refractivity contribution in [3.63, 3.8) is 0 Å². The Bertz CT molecular complexity index is 1080. The number of aliphatic imine (C=N–C) groups is 1. The molecule has 0 saturated heterocycles. The van der Waals surface area contributed by atoms with Gasteiger partial charge in [0, 0.05) is 19.4 Å². The van der Waals surface area contributed by atoms with Crippen molar-refractivity contribution >= 4 is 41.5 Å². The summed E-state index contributed by atoms with van der Waals surface area (Å²) < 4.78 is 0. The molecule has 0 aliphatic heterocycles. The van der Waals surface area contributed by atoms with Crippen LogP contribution in [0.2, 0.25) is 0 Å². The lowest BCUT2D eigenvalue weighted by Gasteiger charge is -2.24. The van der Waals surface area contributed by atoms with Gasteiger partial charge in [-0.1, -0.05) is 30.3 Å². The van der Waals surface area contributed by atoms with Gasteiger partial charge in [0.25, 0.3) is 0 Å². The first-order valence-corrected chi connectivity index (χ1v) is 12.4. The van der Waals surface area contributed by atoms with Crippen LogP contribution in [0.1, 0.15) is 37.7 Å². The highest BCUT2D eigenvalue weighted by atomic mass is 16.4. The van der Waals surface area contributed by atoms with Crippen molar-refractivity contribution in [2.75, 3.05) is 6.54 Å². The van der Waals surface area contributed by atoms with Gasteiger partial charge in [0.2, 0.25) is 29.5 Å². The average Bonchev–Trinajstić information content (AvgIpc) is 2.87. The summed E-state index contributed by atoms with van der Waals surface area (Å²) in [7, 11) is 0. The molecule has 0 aromatic heterocycles. The van der Waals surface area contributed by atoms with Gasteiger partial charge in [0.15, 0.2) is 5.96 Å². The highest BCUT2D eigenvalue weighted by Gasteiger charge is 2.31. The average molecular weight is 564 g/mol. The second-order valence-electron chi connectivity index (χ2n) is 8.94. The molecule has 0 heterocycles. The van der Waals surface area contributed by atoms with Gasteiger partial charge in [0.1, 0.15) is 18.1 Å². The van der Waals surface area contributed by atoms with Crippen LogP contribution in [0.4, 0.5) is 0 Å². The normalized spacial score (nSPS) is 13.5. The molecule has 14 N–H and O–H groups in total. The zero-order valence-corrected chi connectivity index (χ0v) is 21.9. The zero-order chi connectivity index (χ0) is 30.2. The van der Waals surface area contributed by atoms with E-state index in [1.807, 2.05) is 0 Å². The molecule has 0 spiro atoms. The number of aliphatic carboxylic acids is 1. The first kappa shape index (κ1) is 33.3. The summed E-state index contributed by atoms with van der Waals surface area (Å²) >= 11 is 0. The van der Waals surface area contributed by atoms with E-state index in [0.717, 1.165) is 0 Å². The Morgan fingerprint density at radius 1 is 0.775 bits per heavy atom. The van der Waals surface area contributed by atoms with E-state index in [2.05, 4.69) is 20.9 Å². The second-order valence-corrected chi connectivity index (χ2v) is 8.94. The van der Waals surface area contributed by atoms with Crippen LogP contribution >= 0.6 is 0 Å². The van der Waals surface area contributed by atoms with E-state index in [4.69, 9.17) is 28.7 Å². The molecule has 0 aliphatic carbocycles. The summed E-state index contributed by atoms with van der Waals surface area (Å²) in [6.45, 7) is 0.223. The number of nitrogens with one attached hydrogen (secondary N) is 3. The molecule has 1 rings (SSSR count). The Morgan fingerprint density at radius 3 is 1.90 bits per heavy atom. The summed E-state index contributed by atoms with van der Waals surface area (Å²) in [4.78, 5) is 77.0. The van der Waals surface area contributed by atoms with E-state index in [9.17, 15) is 33.9 Å². The van der Waals surface area contributed by atoms with Crippen LogP contribution < -0.4 is 44.6 Å². The molecule has 1 aromatic carbocycles. The molecule has 5 amide bonds. The van der Waals surface area contributed by atoms with Gasteiger partial charge in [-0.15, -0.1) is 0 Å². The van der Waals surface area contributed by atoms with Crippen molar-refractivity contribution < 1.29 is 33.9 Å². The number of amides is 5. The minimum absolute atomic E-state index is 0.0719. The standard InChI is InChI=1S/C24H37N9O7/c25-14(7-4-10-30-24(28)29)20(36)31-15(8-9-18(26)34)21(37)32-16(12-19(27)35)22(38)33-17(23(39)40)11-13-5-2-1-3-6-13/h1-3,5-6,14-17H,4,7-12,25H2,(H2,26,34)(H2,27,35)(H,31,36)(H,32,37)(H,33,38)(H,39,40)(H4,28,29,30). The van der Waals surface area contributed by atoms with E-state index < -0.39 is 66.1 Å². The van der Waals surface area contributed by atoms with E-state index in [1.54, 1.807) is 30.3 Å². The molecule has 4 atom stereocenters. The fourth-order valence-corrected chi connectivity index (χ4v) is 3.49. The summed E-state index contributed by atoms with van der Waals surface area (Å²) in [6, 6.07) is 3.08. The maximum Gasteiger partial charge on any atom is 0.326 e. The maximum absolute atomic E-state index is 13.0. The van der Waals surface area contributed by atoms with Crippen molar-refractivity contribution in [1.29, 1.82) is 0 Å². The number of nitrogens with zero attached hydrogens (tertiary/aromatic N) is 1. The van der Waals surface area contributed by atoms with E-state index >= 15 is 0 Å². The third-order valence-corrected chi connectivity index (χ3v) is 5.55. The highest BCUT2D eigenvalue weighted by molar-refractivity contribution is 5.96. The number of guanidine groups is 1. The Hall–Kier alpha value is -4.73. The summed E-state index contributed by atoms with van der Waals surface area (Å²) in [5.41, 5.74) is 27.4. The van der Waals surface area contributed by atoms with Crippen molar-refractivity contribution in [3.8, 4) is 0 Å². The Balaban J connectivity index is 2.98. The lowest BCUT2D eigenvalue weighted by atomic mass is 10.0. The van der Waals surface area contributed by atoms with Crippen molar-refractivity contribution in [1.82, 2.24) is 16.0 Å². The topological polar surface area (TPSA) is 301 Å².